The molecule has 4 nitrogen and oxygen atoms in total. The summed E-state index contributed by atoms with van der Waals surface area (Å²) in [5.41, 5.74) is 1.96. The molecule has 3 rings (SSSR count). The Morgan fingerprint density at radius 3 is 2.76 bits per heavy atom. The molecule has 1 fully saturated rings. The van der Waals surface area contributed by atoms with Gasteiger partial charge in [0.2, 0.25) is 0 Å². The summed E-state index contributed by atoms with van der Waals surface area (Å²) >= 11 is 0. The molecule has 0 radical (unpaired) electrons. The van der Waals surface area contributed by atoms with Crippen molar-refractivity contribution in [3.63, 3.8) is 0 Å². The zero-order chi connectivity index (χ0) is 11.8. The van der Waals surface area contributed by atoms with Gasteiger partial charge in [0.25, 0.3) is 0 Å². The van der Waals surface area contributed by atoms with Crippen LogP contribution in [0.4, 0.5) is 4.79 Å². The van der Waals surface area contributed by atoms with Gasteiger partial charge in [-0.15, -0.1) is 0 Å². The number of hydrogen-bond donors (Lipinski definition) is 1. The highest BCUT2D eigenvalue weighted by Gasteiger charge is 2.32. The molecule has 0 unspecified atom stereocenters. The summed E-state index contributed by atoms with van der Waals surface area (Å²) in [5, 5.41) is 9.89. The molecular weight excluding hydrogens is 216 g/mol. The van der Waals surface area contributed by atoms with E-state index in [1.807, 2.05) is 36.4 Å². The van der Waals surface area contributed by atoms with E-state index < -0.39 is 6.09 Å². The summed E-state index contributed by atoms with van der Waals surface area (Å²) < 4.78 is 0. The van der Waals surface area contributed by atoms with Crippen LogP contribution in [-0.2, 0) is 0 Å². The number of para-hydroxylation sites is 1. The summed E-state index contributed by atoms with van der Waals surface area (Å²) in [6, 6.07) is 12.0. The quantitative estimate of drug-likeness (QED) is 0.814. The Hall–Kier alpha value is -2.10. The van der Waals surface area contributed by atoms with Crippen molar-refractivity contribution in [2.75, 3.05) is 13.1 Å². The van der Waals surface area contributed by atoms with Gasteiger partial charge in [-0.3, -0.25) is 4.98 Å². The van der Waals surface area contributed by atoms with Crippen LogP contribution in [0.2, 0.25) is 0 Å². The summed E-state index contributed by atoms with van der Waals surface area (Å²) in [7, 11) is 0. The van der Waals surface area contributed by atoms with Crippen LogP contribution in [0, 0.1) is 0 Å². The minimum absolute atomic E-state index is 0.246. The van der Waals surface area contributed by atoms with E-state index in [2.05, 4.69) is 4.98 Å². The average molecular weight is 228 g/mol. The first kappa shape index (κ1) is 10.1. The number of carboxylic acid groups (broad SMARTS) is 1. The van der Waals surface area contributed by atoms with E-state index in [4.69, 9.17) is 5.11 Å². The first-order chi connectivity index (χ1) is 8.24. The molecule has 1 N–H and O–H groups in total. The first-order valence-corrected chi connectivity index (χ1v) is 5.57. The van der Waals surface area contributed by atoms with Crippen molar-refractivity contribution in [2.45, 2.75) is 5.92 Å². The van der Waals surface area contributed by atoms with Crippen molar-refractivity contribution in [1.29, 1.82) is 0 Å². The largest absolute Gasteiger partial charge is 0.465 e. The highest BCUT2D eigenvalue weighted by molar-refractivity contribution is 5.78. The Morgan fingerprint density at radius 1 is 1.24 bits per heavy atom. The molecule has 0 aliphatic carbocycles. The first-order valence-electron chi connectivity index (χ1n) is 5.57. The molecular formula is C13H12N2O2. The normalized spacial score (nSPS) is 15.9. The van der Waals surface area contributed by atoms with E-state index in [0.717, 1.165) is 16.6 Å². The Balaban J connectivity index is 1.85. The van der Waals surface area contributed by atoms with Crippen molar-refractivity contribution in [3.05, 3.63) is 42.1 Å². The predicted molar refractivity (Wildman–Crippen MR) is 64.1 cm³/mol. The number of likely N-dealkylation sites (tertiary alicyclic amines) is 1. The Labute approximate surface area is 98.5 Å². The van der Waals surface area contributed by atoms with Crippen LogP contribution in [0.3, 0.4) is 0 Å². The van der Waals surface area contributed by atoms with Crippen LogP contribution < -0.4 is 0 Å². The average Bonchev–Trinajstić information content (AvgIpc) is 2.26. The molecule has 1 saturated heterocycles. The van der Waals surface area contributed by atoms with Crippen molar-refractivity contribution in [3.8, 4) is 0 Å². The van der Waals surface area contributed by atoms with E-state index >= 15 is 0 Å². The van der Waals surface area contributed by atoms with E-state index in [1.54, 1.807) is 0 Å². The Kier molecular flexibility index (Phi) is 2.21. The number of fused-ring (bicyclic) bond motifs is 1. The third-order valence-electron chi connectivity index (χ3n) is 3.19. The smallest absolute Gasteiger partial charge is 0.407 e. The lowest BCUT2D eigenvalue weighted by Crippen LogP contribution is -2.48. The zero-order valence-electron chi connectivity index (χ0n) is 9.21. The van der Waals surface area contributed by atoms with E-state index in [0.29, 0.717) is 13.1 Å². The third-order valence-corrected chi connectivity index (χ3v) is 3.19. The van der Waals surface area contributed by atoms with Gasteiger partial charge in [-0.25, -0.2) is 4.79 Å². The summed E-state index contributed by atoms with van der Waals surface area (Å²) in [6.45, 7) is 1.11. The standard InChI is InChI=1S/C13H12N2O2/c16-13(17)15-7-10(8-15)12-6-5-9-3-1-2-4-11(9)14-12/h1-6,10H,7-8H2,(H,16,17). The minimum atomic E-state index is -0.845. The fraction of sp³-hybridized carbons (Fsp3) is 0.231. The molecule has 0 atom stereocenters. The fourth-order valence-corrected chi connectivity index (χ4v) is 2.13. The predicted octanol–water partition coefficient (Wildman–Crippen LogP) is 2.31. The molecule has 2 aromatic rings. The summed E-state index contributed by atoms with van der Waals surface area (Å²) in [6.07, 6.45) is -0.845. The van der Waals surface area contributed by atoms with Crippen LogP contribution in [0.15, 0.2) is 36.4 Å². The Bertz CT molecular complexity index is 576. The second-order valence-corrected chi connectivity index (χ2v) is 4.31. The van der Waals surface area contributed by atoms with Gasteiger partial charge in [0, 0.05) is 30.1 Å². The van der Waals surface area contributed by atoms with E-state index in [-0.39, 0.29) is 5.92 Å². The van der Waals surface area contributed by atoms with Crippen LogP contribution in [-0.4, -0.2) is 34.2 Å². The van der Waals surface area contributed by atoms with Gasteiger partial charge in [0.15, 0.2) is 0 Å². The lowest BCUT2D eigenvalue weighted by molar-refractivity contribution is 0.104. The number of nitrogens with zero attached hydrogens (tertiary/aromatic N) is 2. The molecule has 1 aromatic heterocycles. The maximum atomic E-state index is 10.7. The number of aromatic nitrogens is 1. The van der Waals surface area contributed by atoms with Gasteiger partial charge >= 0.3 is 6.09 Å². The molecule has 4 heteroatoms. The second-order valence-electron chi connectivity index (χ2n) is 4.31. The topological polar surface area (TPSA) is 53.4 Å². The number of hydrogen-bond acceptors (Lipinski definition) is 2. The molecule has 0 bridgehead atoms. The number of rotatable bonds is 1. The monoisotopic (exact) mass is 228 g/mol. The van der Waals surface area contributed by atoms with Gasteiger partial charge < -0.3 is 10.0 Å². The van der Waals surface area contributed by atoms with Gasteiger partial charge in [-0.1, -0.05) is 24.3 Å². The Morgan fingerprint density at radius 2 is 2.00 bits per heavy atom. The van der Waals surface area contributed by atoms with E-state index in [9.17, 15) is 4.79 Å². The molecule has 17 heavy (non-hydrogen) atoms. The van der Waals surface area contributed by atoms with Gasteiger partial charge in [0.1, 0.15) is 0 Å². The highest BCUT2D eigenvalue weighted by Crippen LogP contribution is 2.26. The molecule has 0 saturated carbocycles. The van der Waals surface area contributed by atoms with Crippen LogP contribution in [0.5, 0.6) is 0 Å². The van der Waals surface area contributed by atoms with Crippen molar-refractivity contribution < 1.29 is 9.90 Å². The molecule has 1 aliphatic heterocycles. The highest BCUT2D eigenvalue weighted by atomic mass is 16.4. The minimum Gasteiger partial charge on any atom is -0.465 e. The summed E-state index contributed by atoms with van der Waals surface area (Å²) in [4.78, 5) is 16.7. The number of amides is 1. The van der Waals surface area contributed by atoms with Gasteiger partial charge in [-0.2, -0.15) is 0 Å². The van der Waals surface area contributed by atoms with Crippen molar-refractivity contribution >= 4 is 17.0 Å². The zero-order valence-corrected chi connectivity index (χ0v) is 9.21. The number of benzene rings is 1. The maximum absolute atomic E-state index is 10.7. The van der Waals surface area contributed by atoms with Gasteiger partial charge in [-0.05, 0) is 12.1 Å². The molecule has 1 aromatic carbocycles. The molecule has 1 aliphatic rings. The lowest BCUT2D eigenvalue weighted by atomic mass is 9.96. The van der Waals surface area contributed by atoms with E-state index in [1.165, 1.54) is 4.90 Å². The maximum Gasteiger partial charge on any atom is 0.407 e. The molecule has 2 heterocycles. The van der Waals surface area contributed by atoms with Crippen LogP contribution in [0.25, 0.3) is 10.9 Å². The third kappa shape index (κ3) is 1.71. The lowest BCUT2D eigenvalue weighted by Gasteiger charge is -2.36. The SMILES string of the molecule is O=C(O)N1CC(c2ccc3ccccc3n2)C1. The summed E-state index contributed by atoms with van der Waals surface area (Å²) in [5.74, 6) is 0.246. The van der Waals surface area contributed by atoms with Gasteiger partial charge in [0.05, 0.1) is 5.52 Å². The fourth-order valence-electron chi connectivity index (χ4n) is 2.13. The number of carbonyl (C=O) groups is 1. The molecule has 1 amide bonds. The second kappa shape index (κ2) is 3.73. The van der Waals surface area contributed by atoms with Crippen molar-refractivity contribution in [1.82, 2.24) is 9.88 Å². The van der Waals surface area contributed by atoms with Crippen molar-refractivity contribution in [2.24, 2.45) is 0 Å². The molecule has 86 valence electrons. The van der Waals surface area contributed by atoms with Crippen LogP contribution in [0.1, 0.15) is 11.6 Å². The number of pyridine rings is 1. The molecule has 0 spiro atoms. The van der Waals surface area contributed by atoms with Crippen LogP contribution >= 0.6 is 0 Å².